The maximum absolute atomic E-state index is 12.2. The van der Waals surface area contributed by atoms with E-state index in [1.807, 2.05) is 41.8 Å². The summed E-state index contributed by atoms with van der Waals surface area (Å²) in [5.74, 6) is 1.74. The van der Waals surface area contributed by atoms with Gasteiger partial charge in [-0.1, -0.05) is 24.3 Å². The summed E-state index contributed by atoms with van der Waals surface area (Å²) in [6.45, 7) is 0. The van der Waals surface area contributed by atoms with Gasteiger partial charge in [-0.15, -0.1) is 11.3 Å². The summed E-state index contributed by atoms with van der Waals surface area (Å²) in [5.41, 5.74) is 1.47. The summed E-state index contributed by atoms with van der Waals surface area (Å²) in [4.78, 5) is 20.4. The van der Waals surface area contributed by atoms with Crippen molar-refractivity contribution in [2.45, 2.75) is 6.42 Å². The summed E-state index contributed by atoms with van der Waals surface area (Å²) in [5, 5.41) is 1.95. The van der Waals surface area contributed by atoms with Crippen molar-refractivity contribution in [2.24, 2.45) is 0 Å². The number of hydrogen-bond donors (Lipinski definition) is 1. The number of fused-ring (bicyclic) bond motifs is 2. The number of aromatic nitrogens is 2. The molecule has 3 aromatic rings. The van der Waals surface area contributed by atoms with Crippen molar-refractivity contribution < 1.29 is 4.74 Å². The molecule has 1 aliphatic rings. The molecule has 0 unspecified atom stereocenters. The maximum atomic E-state index is 12.2. The molecule has 0 radical (unpaired) electrons. The highest BCUT2D eigenvalue weighted by atomic mass is 32.1. The Balaban J connectivity index is 1.86. The largest absolute Gasteiger partial charge is 0.438 e. The predicted octanol–water partition coefficient (Wildman–Crippen LogP) is 3.19. The van der Waals surface area contributed by atoms with E-state index in [0.29, 0.717) is 23.7 Å². The van der Waals surface area contributed by atoms with Crippen molar-refractivity contribution in [1.29, 1.82) is 0 Å². The molecule has 0 atom stereocenters. The molecule has 3 heterocycles. The molecule has 2 aromatic heterocycles. The molecular formula is C15H10N2O2S. The molecule has 5 heteroatoms. The van der Waals surface area contributed by atoms with Gasteiger partial charge in [0.2, 0.25) is 5.88 Å². The number of para-hydroxylation sites is 1. The minimum atomic E-state index is -0.132. The number of H-pyrrole nitrogens is 1. The van der Waals surface area contributed by atoms with Crippen LogP contribution >= 0.6 is 11.3 Å². The number of benzene rings is 1. The third kappa shape index (κ3) is 1.75. The minimum absolute atomic E-state index is 0.132. The van der Waals surface area contributed by atoms with Gasteiger partial charge in [-0.3, -0.25) is 4.79 Å². The highest BCUT2D eigenvalue weighted by Crippen LogP contribution is 2.34. The van der Waals surface area contributed by atoms with Crippen LogP contribution in [0.1, 0.15) is 11.1 Å². The van der Waals surface area contributed by atoms with E-state index in [0.717, 1.165) is 16.2 Å². The van der Waals surface area contributed by atoms with E-state index < -0.39 is 0 Å². The Morgan fingerprint density at radius 1 is 1.20 bits per heavy atom. The van der Waals surface area contributed by atoms with Gasteiger partial charge in [-0.25, -0.2) is 0 Å². The van der Waals surface area contributed by atoms with E-state index in [1.165, 1.54) is 11.3 Å². The molecule has 20 heavy (non-hydrogen) atoms. The Morgan fingerprint density at radius 2 is 2.10 bits per heavy atom. The van der Waals surface area contributed by atoms with Crippen molar-refractivity contribution in [3.63, 3.8) is 0 Å². The molecular weight excluding hydrogens is 272 g/mol. The molecule has 0 fully saturated rings. The van der Waals surface area contributed by atoms with Crippen LogP contribution in [0.15, 0.2) is 46.6 Å². The number of nitrogens with zero attached hydrogens (tertiary/aromatic N) is 1. The molecule has 0 aliphatic carbocycles. The molecule has 4 nitrogen and oxygen atoms in total. The summed E-state index contributed by atoms with van der Waals surface area (Å²) >= 11 is 1.53. The molecule has 98 valence electrons. The fourth-order valence-electron chi connectivity index (χ4n) is 2.29. The zero-order chi connectivity index (χ0) is 13.5. The number of rotatable bonds is 1. The Labute approximate surface area is 118 Å². The van der Waals surface area contributed by atoms with Crippen LogP contribution in [0.4, 0.5) is 0 Å². The van der Waals surface area contributed by atoms with E-state index in [1.54, 1.807) is 0 Å². The predicted molar refractivity (Wildman–Crippen MR) is 77.5 cm³/mol. The number of aromatic amines is 1. The molecule has 1 aliphatic heterocycles. The van der Waals surface area contributed by atoms with Gasteiger partial charge < -0.3 is 9.72 Å². The molecule has 1 aromatic carbocycles. The average Bonchev–Trinajstić information content (AvgIpc) is 2.99. The molecule has 0 bridgehead atoms. The number of nitrogens with one attached hydrogen (secondary N) is 1. The fraction of sp³-hybridized carbons (Fsp3) is 0.0667. The van der Waals surface area contributed by atoms with Crippen molar-refractivity contribution in [2.75, 3.05) is 0 Å². The second kappa shape index (κ2) is 4.31. The SMILES string of the molecule is O=c1[nH]c(-c2cccs2)nc2c1Cc1ccccc1O2. The van der Waals surface area contributed by atoms with Crippen LogP contribution in [0.5, 0.6) is 11.6 Å². The second-order valence-electron chi connectivity index (χ2n) is 4.56. The molecule has 0 amide bonds. The van der Waals surface area contributed by atoms with Crippen molar-refractivity contribution in [1.82, 2.24) is 9.97 Å². The summed E-state index contributed by atoms with van der Waals surface area (Å²) < 4.78 is 5.77. The van der Waals surface area contributed by atoms with Crippen LogP contribution in [0.3, 0.4) is 0 Å². The smallest absolute Gasteiger partial charge is 0.258 e. The quantitative estimate of drug-likeness (QED) is 0.583. The second-order valence-corrected chi connectivity index (χ2v) is 5.51. The third-order valence-electron chi connectivity index (χ3n) is 3.28. The van der Waals surface area contributed by atoms with Gasteiger partial charge in [0, 0.05) is 6.42 Å². The Hall–Kier alpha value is -2.40. The number of thiophene rings is 1. The van der Waals surface area contributed by atoms with Crippen molar-refractivity contribution in [3.05, 3.63) is 63.3 Å². The summed E-state index contributed by atoms with van der Waals surface area (Å²) in [6.07, 6.45) is 0.554. The molecule has 0 saturated carbocycles. The highest BCUT2D eigenvalue weighted by molar-refractivity contribution is 7.13. The maximum Gasteiger partial charge on any atom is 0.258 e. The van der Waals surface area contributed by atoms with Gasteiger partial charge in [0.05, 0.1) is 10.4 Å². The van der Waals surface area contributed by atoms with E-state index in [2.05, 4.69) is 9.97 Å². The van der Waals surface area contributed by atoms with E-state index in [4.69, 9.17) is 4.74 Å². The topological polar surface area (TPSA) is 55.0 Å². The lowest BCUT2D eigenvalue weighted by Gasteiger charge is -2.18. The zero-order valence-corrected chi connectivity index (χ0v) is 11.2. The van der Waals surface area contributed by atoms with Gasteiger partial charge in [0.1, 0.15) is 5.75 Å². The van der Waals surface area contributed by atoms with Crippen LogP contribution < -0.4 is 10.3 Å². The van der Waals surface area contributed by atoms with E-state index >= 15 is 0 Å². The lowest BCUT2D eigenvalue weighted by molar-refractivity contribution is 0.438. The Morgan fingerprint density at radius 3 is 2.95 bits per heavy atom. The summed E-state index contributed by atoms with van der Waals surface area (Å²) in [6, 6.07) is 11.6. The highest BCUT2D eigenvalue weighted by Gasteiger charge is 2.22. The number of hydrogen-bond acceptors (Lipinski definition) is 4. The van der Waals surface area contributed by atoms with Crippen LogP contribution in [0.25, 0.3) is 10.7 Å². The Kier molecular flexibility index (Phi) is 2.47. The average molecular weight is 282 g/mol. The zero-order valence-electron chi connectivity index (χ0n) is 10.4. The first-order chi connectivity index (χ1) is 9.81. The number of ether oxygens (including phenoxy) is 1. The normalized spacial score (nSPS) is 12.4. The van der Waals surface area contributed by atoms with Crippen LogP contribution in [0, 0.1) is 0 Å². The fourth-order valence-corrected chi connectivity index (χ4v) is 2.96. The Bertz CT molecular complexity index is 837. The van der Waals surface area contributed by atoms with Gasteiger partial charge in [0.15, 0.2) is 5.82 Å². The molecule has 0 saturated heterocycles. The lowest BCUT2D eigenvalue weighted by atomic mass is 10.0. The first-order valence-electron chi connectivity index (χ1n) is 6.24. The first kappa shape index (κ1) is 11.4. The molecule has 1 N–H and O–H groups in total. The first-order valence-corrected chi connectivity index (χ1v) is 7.12. The third-order valence-corrected chi connectivity index (χ3v) is 4.16. The molecule has 4 rings (SSSR count). The van der Waals surface area contributed by atoms with Crippen LogP contribution in [-0.2, 0) is 6.42 Å². The van der Waals surface area contributed by atoms with Gasteiger partial charge in [0.25, 0.3) is 5.56 Å². The van der Waals surface area contributed by atoms with Gasteiger partial charge in [-0.05, 0) is 23.1 Å². The van der Waals surface area contributed by atoms with Gasteiger partial charge in [-0.2, -0.15) is 4.98 Å². The van der Waals surface area contributed by atoms with Crippen molar-refractivity contribution in [3.8, 4) is 22.3 Å². The van der Waals surface area contributed by atoms with Crippen molar-refractivity contribution >= 4 is 11.3 Å². The lowest BCUT2D eigenvalue weighted by Crippen LogP contribution is -2.19. The standard InChI is InChI=1S/C15H10N2O2S/c18-14-10-8-9-4-1-2-5-11(9)19-15(10)17-13(16-14)12-6-3-7-20-12/h1-7H,8H2,(H,16,17,18). The minimum Gasteiger partial charge on any atom is -0.438 e. The monoisotopic (exact) mass is 282 g/mol. The van der Waals surface area contributed by atoms with Crippen LogP contribution in [-0.4, -0.2) is 9.97 Å². The van der Waals surface area contributed by atoms with E-state index in [-0.39, 0.29) is 5.56 Å². The molecule has 0 spiro atoms. The van der Waals surface area contributed by atoms with Gasteiger partial charge >= 0.3 is 0 Å². The van der Waals surface area contributed by atoms with E-state index in [9.17, 15) is 4.79 Å². The van der Waals surface area contributed by atoms with Crippen LogP contribution in [0.2, 0.25) is 0 Å². The summed E-state index contributed by atoms with van der Waals surface area (Å²) in [7, 11) is 0.